The van der Waals surface area contributed by atoms with Gasteiger partial charge in [-0.3, -0.25) is 4.79 Å². The van der Waals surface area contributed by atoms with Crippen molar-refractivity contribution in [1.82, 2.24) is 5.32 Å². The number of nitrogens with one attached hydrogen (secondary N) is 1. The van der Waals surface area contributed by atoms with Crippen molar-refractivity contribution in [3.05, 3.63) is 0 Å². The molecular formula is C23H41NO16. The highest BCUT2D eigenvalue weighted by molar-refractivity contribution is 5.73. The summed E-state index contributed by atoms with van der Waals surface area (Å²) in [7, 11) is 0. The van der Waals surface area contributed by atoms with Gasteiger partial charge in [-0.2, -0.15) is 0 Å². The maximum atomic E-state index is 12.0. The molecule has 3 fully saturated rings. The molecule has 1 amide bonds. The molecule has 0 aromatic rings. The molecule has 3 aliphatic rings. The van der Waals surface area contributed by atoms with Crippen molar-refractivity contribution in [1.29, 1.82) is 0 Å². The lowest BCUT2D eigenvalue weighted by molar-refractivity contribution is -0.367. The first kappa shape index (κ1) is 33.4. The largest absolute Gasteiger partial charge is 0.394 e. The van der Waals surface area contributed by atoms with E-state index in [0.29, 0.717) is 6.42 Å². The highest BCUT2D eigenvalue weighted by Gasteiger charge is 2.54. The molecular weight excluding hydrogens is 546 g/mol. The smallest absolute Gasteiger partial charge is 0.217 e. The molecule has 0 aromatic carbocycles. The molecule has 3 saturated heterocycles. The summed E-state index contributed by atoms with van der Waals surface area (Å²) < 4.78 is 33.4. The van der Waals surface area contributed by atoms with Crippen molar-refractivity contribution < 1.29 is 79.2 Å². The van der Waals surface area contributed by atoms with Crippen LogP contribution in [0.25, 0.3) is 0 Å². The summed E-state index contributed by atoms with van der Waals surface area (Å²) in [6.45, 7) is 0.942. The fraction of sp³-hybridized carbons (Fsp3) is 0.957. The quantitative estimate of drug-likeness (QED) is 0.108. The minimum Gasteiger partial charge on any atom is -0.394 e. The van der Waals surface area contributed by atoms with E-state index < -0.39 is 118 Å². The van der Waals surface area contributed by atoms with E-state index >= 15 is 0 Å². The molecule has 0 radical (unpaired) electrons. The summed E-state index contributed by atoms with van der Waals surface area (Å²) in [6, 6.07) is -1.44. The van der Waals surface area contributed by atoms with Gasteiger partial charge in [0.1, 0.15) is 73.2 Å². The van der Waals surface area contributed by atoms with Crippen LogP contribution < -0.4 is 5.32 Å². The minimum atomic E-state index is -1.83. The van der Waals surface area contributed by atoms with Gasteiger partial charge in [0.05, 0.1) is 19.8 Å². The Bertz CT molecular complexity index is 790. The zero-order valence-electron chi connectivity index (χ0n) is 22.1. The standard InChI is InChI=1S/C23H41NO16/c1-3-4-35-22-18(34)16(32)20(11(7-27)38-22)39-21-12(24-8(2)28)14(30)19(10(6-26)37-21)40-23-17(33)15(31)13(29)9(5-25)36-23/h9-23,25-27,29-34H,3-7H2,1-2H3,(H,24,28)/t9-,10-,11-,12-,13+,14+,15-,16+,17-,18-,19-,20-,21+,22+,23+/m1/s1. The number of rotatable bonds is 11. The van der Waals surface area contributed by atoms with E-state index in [4.69, 9.17) is 28.4 Å². The minimum absolute atomic E-state index is 0.203. The summed E-state index contributed by atoms with van der Waals surface area (Å²) in [5, 5.41) is 94.6. The molecule has 0 aromatic heterocycles. The Labute approximate surface area is 229 Å². The second kappa shape index (κ2) is 14.9. The molecule has 234 valence electrons. The van der Waals surface area contributed by atoms with Crippen LogP contribution in [0.1, 0.15) is 20.3 Å². The van der Waals surface area contributed by atoms with Crippen LogP contribution in [-0.2, 0) is 33.2 Å². The van der Waals surface area contributed by atoms with Gasteiger partial charge in [-0.05, 0) is 6.42 Å². The van der Waals surface area contributed by atoms with Crippen LogP contribution in [0.15, 0.2) is 0 Å². The van der Waals surface area contributed by atoms with Crippen molar-refractivity contribution >= 4 is 5.91 Å². The third-order valence-electron chi connectivity index (χ3n) is 6.96. The van der Waals surface area contributed by atoms with Crippen LogP contribution in [0.5, 0.6) is 0 Å². The fourth-order valence-corrected chi connectivity index (χ4v) is 4.82. The van der Waals surface area contributed by atoms with Gasteiger partial charge in [0.15, 0.2) is 18.9 Å². The first-order valence-corrected chi connectivity index (χ1v) is 13.1. The predicted molar refractivity (Wildman–Crippen MR) is 127 cm³/mol. The molecule has 17 heteroatoms. The van der Waals surface area contributed by atoms with E-state index in [1.807, 2.05) is 6.92 Å². The molecule has 0 unspecified atom stereocenters. The van der Waals surface area contributed by atoms with Crippen LogP contribution in [0.2, 0.25) is 0 Å². The monoisotopic (exact) mass is 587 g/mol. The van der Waals surface area contributed by atoms with E-state index in [-0.39, 0.29) is 6.61 Å². The number of carbonyl (C=O) groups excluding carboxylic acids is 1. The molecule has 0 saturated carbocycles. The van der Waals surface area contributed by atoms with Crippen molar-refractivity contribution in [3.8, 4) is 0 Å². The number of carbonyl (C=O) groups is 1. The zero-order valence-corrected chi connectivity index (χ0v) is 22.1. The second-order valence-electron chi connectivity index (χ2n) is 9.92. The maximum absolute atomic E-state index is 12.0. The number of amides is 1. The summed E-state index contributed by atoms with van der Waals surface area (Å²) in [5.74, 6) is -0.650. The van der Waals surface area contributed by atoms with Gasteiger partial charge in [0, 0.05) is 13.5 Å². The second-order valence-corrected chi connectivity index (χ2v) is 9.92. The normalized spacial score (nSPS) is 46.2. The van der Waals surface area contributed by atoms with Crippen LogP contribution in [0.3, 0.4) is 0 Å². The number of ether oxygens (including phenoxy) is 6. The number of hydrogen-bond acceptors (Lipinski definition) is 16. The average Bonchev–Trinajstić information content (AvgIpc) is 2.93. The zero-order chi connectivity index (χ0) is 29.7. The van der Waals surface area contributed by atoms with Crippen LogP contribution in [0.4, 0.5) is 0 Å². The molecule has 10 N–H and O–H groups in total. The first-order valence-electron chi connectivity index (χ1n) is 13.1. The van der Waals surface area contributed by atoms with Gasteiger partial charge < -0.3 is 79.7 Å². The highest BCUT2D eigenvalue weighted by atomic mass is 16.8. The molecule has 17 nitrogen and oxygen atoms in total. The van der Waals surface area contributed by atoms with Gasteiger partial charge in [0.2, 0.25) is 5.91 Å². The summed E-state index contributed by atoms with van der Waals surface area (Å²) in [5.41, 5.74) is 0. The van der Waals surface area contributed by atoms with E-state index in [0.717, 1.165) is 6.92 Å². The molecule has 40 heavy (non-hydrogen) atoms. The van der Waals surface area contributed by atoms with Gasteiger partial charge in [-0.15, -0.1) is 0 Å². The summed E-state index contributed by atoms with van der Waals surface area (Å²) in [6.07, 6.45) is -21.2. The molecule has 3 aliphatic heterocycles. The van der Waals surface area contributed by atoms with Gasteiger partial charge in [-0.1, -0.05) is 6.92 Å². The first-order chi connectivity index (χ1) is 19.0. The Kier molecular flexibility index (Phi) is 12.4. The average molecular weight is 588 g/mol. The SMILES string of the molecule is CCCO[C@H]1O[C@H](CO)[C@@H](O[C@@H]2O[C@H](CO)[C@@H](O[C@@H]3O[C@H](CO)[C@H](O)[C@@H](O)[C@H]3O)[C@@H](O)[C@H]2NC(C)=O)[C@@H](O)[C@H]1O. The molecule has 3 rings (SSSR count). The molecule has 3 heterocycles. The van der Waals surface area contributed by atoms with E-state index in [9.17, 15) is 50.8 Å². The maximum Gasteiger partial charge on any atom is 0.217 e. The number of aliphatic hydroxyl groups excluding tert-OH is 9. The Hall–Kier alpha value is -1.13. The fourth-order valence-electron chi connectivity index (χ4n) is 4.82. The molecule has 0 aliphatic carbocycles. The van der Waals surface area contributed by atoms with Crippen molar-refractivity contribution in [2.75, 3.05) is 26.4 Å². The lowest BCUT2D eigenvalue weighted by atomic mass is 9.94. The summed E-state index contributed by atoms with van der Waals surface area (Å²) in [4.78, 5) is 12.0. The van der Waals surface area contributed by atoms with E-state index in [1.54, 1.807) is 0 Å². The van der Waals surface area contributed by atoms with Crippen LogP contribution >= 0.6 is 0 Å². The van der Waals surface area contributed by atoms with Gasteiger partial charge in [0.25, 0.3) is 0 Å². The van der Waals surface area contributed by atoms with Crippen LogP contribution in [-0.4, -0.2) is 170 Å². The molecule has 0 bridgehead atoms. The molecule has 15 atom stereocenters. The summed E-state index contributed by atoms with van der Waals surface area (Å²) >= 11 is 0. The predicted octanol–water partition coefficient (Wildman–Crippen LogP) is -5.99. The van der Waals surface area contributed by atoms with Crippen molar-refractivity contribution in [3.63, 3.8) is 0 Å². The molecule has 0 spiro atoms. The Morgan fingerprint density at radius 1 is 0.675 bits per heavy atom. The van der Waals surface area contributed by atoms with Gasteiger partial charge >= 0.3 is 0 Å². The number of aliphatic hydroxyl groups is 9. The Morgan fingerprint density at radius 2 is 1.18 bits per heavy atom. The Balaban J connectivity index is 1.81. The number of hydrogen-bond donors (Lipinski definition) is 10. The van der Waals surface area contributed by atoms with E-state index in [1.165, 1.54) is 0 Å². The van der Waals surface area contributed by atoms with Crippen molar-refractivity contribution in [2.24, 2.45) is 0 Å². The lowest BCUT2D eigenvalue weighted by Crippen LogP contribution is -2.69. The Morgan fingerprint density at radius 3 is 1.73 bits per heavy atom. The lowest BCUT2D eigenvalue weighted by Gasteiger charge is -2.49. The van der Waals surface area contributed by atoms with Gasteiger partial charge in [-0.25, -0.2) is 0 Å². The highest BCUT2D eigenvalue weighted by Crippen LogP contribution is 2.32. The third-order valence-corrected chi connectivity index (χ3v) is 6.96. The van der Waals surface area contributed by atoms with E-state index in [2.05, 4.69) is 5.32 Å². The van der Waals surface area contributed by atoms with Crippen molar-refractivity contribution in [2.45, 2.75) is 112 Å². The third kappa shape index (κ3) is 7.25. The van der Waals surface area contributed by atoms with Crippen LogP contribution in [0, 0.1) is 0 Å². The topological polar surface area (TPSA) is 267 Å².